The van der Waals surface area contributed by atoms with Crippen LogP contribution in [0.5, 0.6) is 0 Å². The molecule has 1 nitrogen and oxygen atoms in total. The second-order valence-electron chi connectivity index (χ2n) is 17.4. The Morgan fingerprint density at radius 2 is 0.903 bits per heavy atom. The molecule has 298 valence electrons. The molecule has 0 radical (unpaired) electrons. The molecule has 1 heterocycles. The second-order valence-corrected chi connectivity index (χ2v) is 18.5. The highest BCUT2D eigenvalue weighted by Crippen LogP contribution is 2.54. The van der Waals surface area contributed by atoms with Gasteiger partial charge in [-0.15, -0.1) is 11.3 Å². The third-order valence-corrected chi connectivity index (χ3v) is 14.6. The predicted molar refractivity (Wildman–Crippen MR) is 268 cm³/mol. The topological polar surface area (TPSA) is 3.24 Å². The second kappa shape index (κ2) is 14.9. The third kappa shape index (κ3) is 6.12. The minimum absolute atomic E-state index is 0.0973. The SMILES string of the molecule is Cc1ccccc1-c1cccc(-c2cccc(-c3ccc4c(c3)sc3cc(N(c5ccc(-c6ccccc6)cc5)c5cccc6c5-c5ccccc5C6(C)C)ccc34)c2C)c1C. The summed E-state index contributed by atoms with van der Waals surface area (Å²) in [5.74, 6) is 0. The van der Waals surface area contributed by atoms with Gasteiger partial charge >= 0.3 is 0 Å². The van der Waals surface area contributed by atoms with E-state index >= 15 is 0 Å². The van der Waals surface area contributed by atoms with Crippen LogP contribution in [-0.4, -0.2) is 0 Å². The molecule has 0 amide bonds. The van der Waals surface area contributed by atoms with Gasteiger partial charge in [-0.05, 0) is 135 Å². The summed E-state index contributed by atoms with van der Waals surface area (Å²) in [6.07, 6.45) is 0. The fourth-order valence-electron chi connectivity index (χ4n) is 10.2. The first-order valence-electron chi connectivity index (χ1n) is 21.7. The number of rotatable bonds is 7. The van der Waals surface area contributed by atoms with Gasteiger partial charge in [0.2, 0.25) is 0 Å². The van der Waals surface area contributed by atoms with E-state index in [-0.39, 0.29) is 5.41 Å². The van der Waals surface area contributed by atoms with E-state index in [2.05, 4.69) is 234 Å². The predicted octanol–water partition coefficient (Wildman–Crippen LogP) is 17.4. The molecule has 0 bridgehead atoms. The van der Waals surface area contributed by atoms with Crippen molar-refractivity contribution in [3.63, 3.8) is 0 Å². The van der Waals surface area contributed by atoms with E-state index in [0.717, 1.165) is 11.4 Å². The van der Waals surface area contributed by atoms with E-state index in [0.29, 0.717) is 0 Å². The molecule has 1 aliphatic carbocycles. The van der Waals surface area contributed by atoms with Crippen LogP contribution < -0.4 is 4.90 Å². The van der Waals surface area contributed by atoms with Crippen molar-refractivity contribution in [3.8, 4) is 55.6 Å². The van der Waals surface area contributed by atoms with Gasteiger partial charge in [0, 0.05) is 42.5 Å². The number of fused-ring (bicyclic) bond motifs is 6. The monoisotopic (exact) mass is 813 g/mol. The van der Waals surface area contributed by atoms with Crippen LogP contribution in [0.4, 0.5) is 17.1 Å². The minimum atomic E-state index is -0.0973. The van der Waals surface area contributed by atoms with Crippen LogP contribution in [-0.2, 0) is 5.41 Å². The van der Waals surface area contributed by atoms with Gasteiger partial charge in [0.25, 0.3) is 0 Å². The summed E-state index contributed by atoms with van der Waals surface area (Å²) in [4.78, 5) is 2.48. The summed E-state index contributed by atoms with van der Waals surface area (Å²) in [6, 6.07) is 71.9. The van der Waals surface area contributed by atoms with Crippen LogP contribution in [0.15, 0.2) is 194 Å². The lowest BCUT2D eigenvalue weighted by atomic mass is 9.82. The minimum Gasteiger partial charge on any atom is -0.310 e. The molecule has 0 N–H and O–H groups in total. The first-order chi connectivity index (χ1) is 30.3. The van der Waals surface area contributed by atoms with Gasteiger partial charge in [-0.3, -0.25) is 0 Å². The molecule has 10 aromatic rings. The molecule has 0 atom stereocenters. The molecule has 1 aliphatic rings. The van der Waals surface area contributed by atoms with Gasteiger partial charge in [0.05, 0.1) is 5.69 Å². The van der Waals surface area contributed by atoms with Crippen molar-refractivity contribution in [1.29, 1.82) is 0 Å². The molecular formula is C60H47NS. The summed E-state index contributed by atoms with van der Waals surface area (Å²) >= 11 is 1.89. The fourth-order valence-corrected chi connectivity index (χ4v) is 11.4. The van der Waals surface area contributed by atoms with E-state index in [9.17, 15) is 0 Å². The summed E-state index contributed by atoms with van der Waals surface area (Å²) < 4.78 is 2.58. The van der Waals surface area contributed by atoms with Crippen LogP contribution in [0.2, 0.25) is 0 Å². The van der Waals surface area contributed by atoms with Crippen molar-refractivity contribution in [2.24, 2.45) is 0 Å². The molecule has 0 fully saturated rings. The Morgan fingerprint density at radius 3 is 1.65 bits per heavy atom. The van der Waals surface area contributed by atoms with Crippen LogP contribution in [0.1, 0.15) is 41.7 Å². The van der Waals surface area contributed by atoms with Gasteiger partial charge < -0.3 is 4.90 Å². The Morgan fingerprint density at radius 1 is 0.387 bits per heavy atom. The highest BCUT2D eigenvalue weighted by Gasteiger charge is 2.37. The van der Waals surface area contributed by atoms with Crippen molar-refractivity contribution in [3.05, 3.63) is 222 Å². The maximum absolute atomic E-state index is 2.48. The Labute approximate surface area is 369 Å². The Balaban J connectivity index is 1.02. The first-order valence-corrected chi connectivity index (χ1v) is 22.5. The zero-order valence-corrected chi connectivity index (χ0v) is 36.6. The van der Waals surface area contributed by atoms with E-state index in [1.165, 1.54) is 109 Å². The molecule has 62 heavy (non-hydrogen) atoms. The van der Waals surface area contributed by atoms with Crippen molar-refractivity contribution in [1.82, 2.24) is 0 Å². The number of hydrogen-bond acceptors (Lipinski definition) is 2. The van der Waals surface area contributed by atoms with E-state index < -0.39 is 0 Å². The van der Waals surface area contributed by atoms with Gasteiger partial charge in [0.15, 0.2) is 0 Å². The summed E-state index contributed by atoms with van der Waals surface area (Å²) in [5, 5.41) is 2.59. The average molecular weight is 814 g/mol. The van der Waals surface area contributed by atoms with E-state index in [1.54, 1.807) is 0 Å². The molecule has 2 heteroatoms. The molecule has 0 saturated carbocycles. The molecule has 11 rings (SSSR count). The lowest BCUT2D eigenvalue weighted by Crippen LogP contribution is -2.16. The summed E-state index contributed by atoms with van der Waals surface area (Å²) in [5.41, 5.74) is 22.8. The normalized spacial score (nSPS) is 12.7. The van der Waals surface area contributed by atoms with Crippen molar-refractivity contribution in [2.45, 2.75) is 40.0 Å². The maximum atomic E-state index is 2.48. The van der Waals surface area contributed by atoms with Gasteiger partial charge in [0.1, 0.15) is 0 Å². The third-order valence-electron chi connectivity index (χ3n) is 13.5. The van der Waals surface area contributed by atoms with Gasteiger partial charge in [-0.2, -0.15) is 0 Å². The van der Waals surface area contributed by atoms with Crippen molar-refractivity contribution >= 4 is 48.6 Å². The lowest BCUT2D eigenvalue weighted by molar-refractivity contribution is 0.660. The van der Waals surface area contributed by atoms with Crippen LogP contribution in [0, 0.1) is 20.8 Å². The average Bonchev–Trinajstić information content (AvgIpc) is 3.78. The van der Waals surface area contributed by atoms with E-state index in [4.69, 9.17) is 0 Å². The quantitative estimate of drug-likeness (QED) is 0.155. The Hall–Kier alpha value is -7.00. The molecule has 0 spiro atoms. The fraction of sp³-hybridized carbons (Fsp3) is 0.100. The largest absolute Gasteiger partial charge is 0.310 e. The number of anilines is 3. The summed E-state index contributed by atoms with van der Waals surface area (Å²) in [7, 11) is 0. The van der Waals surface area contributed by atoms with Crippen LogP contribution in [0.25, 0.3) is 75.8 Å². The highest BCUT2D eigenvalue weighted by molar-refractivity contribution is 7.25. The van der Waals surface area contributed by atoms with Crippen LogP contribution in [0.3, 0.4) is 0 Å². The van der Waals surface area contributed by atoms with Crippen LogP contribution >= 0.6 is 11.3 Å². The standard InChI is InChI=1S/C60H47NS/c1-38-16-9-10-19-46(38)48-22-14-24-50(40(48)3)49-23-13-21-47(39(49)2)43-30-34-51-52-35-33-45(37-58(52)62-57(51)36-43)61(44-31-28-42(29-32-44)41-17-7-6-8-18-41)56-27-15-26-55-59(56)53-20-11-12-25-54(53)60(55,4)5/h6-37H,1-5H3. The Kier molecular flexibility index (Phi) is 9.10. The van der Waals surface area contributed by atoms with Gasteiger partial charge in [-0.25, -0.2) is 0 Å². The van der Waals surface area contributed by atoms with Gasteiger partial charge in [-0.1, -0.05) is 172 Å². The number of nitrogens with zero attached hydrogens (tertiary/aromatic N) is 1. The number of thiophene rings is 1. The first kappa shape index (κ1) is 38.0. The number of aryl methyl sites for hydroxylation is 1. The number of hydrogen-bond donors (Lipinski definition) is 0. The lowest BCUT2D eigenvalue weighted by Gasteiger charge is -2.29. The highest BCUT2D eigenvalue weighted by atomic mass is 32.1. The molecule has 1 aromatic heterocycles. The maximum Gasteiger partial charge on any atom is 0.0543 e. The molecular weight excluding hydrogens is 767 g/mol. The zero-order valence-electron chi connectivity index (χ0n) is 35.8. The number of benzene rings is 9. The molecule has 0 saturated heterocycles. The smallest absolute Gasteiger partial charge is 0.0543 e. The molecule has 9 aromatic carbocycles. The zero-order chi connectivity index (χ0) is 42.1. The van der Waals surface area contributed by atoms with E-state index in [1.807, 2.05) is 11.3 Å². The summed E-state index contributed by atoms with van der Waals surface area (Å²) in [6.45, 7) is 11.5. The molecule has 0 aliphatic heterocycles. The van der Waals surface area contributed by atoms with Crippen molar-refractivity contribution < 1.29 is 0 Å². The van der Waals surface area contributed by atoms with Crippen molar-refractivity contribution in [2.75, 3.05) is 4.90 Å². The molecule has 0 unspecified atom stereocenters. The Bertz CT molecular complexity index is 3350.